The summed E-state index contributed by atoms with van der Waals surface area (Å²) in [5.41, 5.74) is -8.71. The van der Waals surface area contributed by atoms with Gasteiger partial charge < -0.3 is 37.6 Å². The molecular weight excluding hydrogens is 688 g/mol. The molecule has 14 heteroatoms. The van der Waals surface area contributed by atoms with Gasteiger partial charge in [-0.1, -0.05) is 34.6 Å². The van der Waals surface area contributed by atoms with E-state index in [2.05, 4.69) is 0 Å². The Morgan fingerprint density at radius 3 is 2.31 bits per heavy atom. The third kappa shape index (κ3) is 3.72. The first-order chi connectivity index (χ1) is 23.8. The molecule has 1 aromatic heterocycles. The lowest BCUT2D eigenvalue weighted by molar-refractivity contribution is -0.472. The highest BCUT2D eigenvalue weighted by molar-refractivity contribution is 6.26. The first-order valence-electron chi connectivity index (χ1n) is 17.7. The Labute approximate surface area is 300 Å². The molecule has 3 spiro atoms. The Hall–Kier alpha value is -3.00. The monoisotopic (exact) mass is 732 g/mol. The average molecular weight is 733 g/mol. The largest absolute Gasteiger partial charge is 0.472 e. The molecule has 3 aliphatic heterocycles. The van der Waals surface area contributed by atoms with E-state index >= 15 is 0 Å². The van der Waals surface area contributed by atoms with E-state index < -0.39 is 116 Å². The number of alkyl halides is 1. The number of ketones is 1. The number of rotatable bonds is 9. The normalized spacial score (nSPS) is 48.5. The van der Waals surface area contributed by atoms with E-state index in [-0.39, 0.29) is 25.7 Å². The minimum atomic E-state index is -1.76. The molecule has 0 N–H and O–H groups in total. The molecule has 0 amide bonds. The van der Waals surface area contributed by atoms with Gasteiger partial charge in [-0.25, -0.2) is 0 Å². The van der Waals surface area contributed by atoms with Crippen molar-refractivity contribution in [2.75, 3.05) is 13.0 Å². The minimum Gasteiger partial charge on any atom is -0.472 e. The summed E-state index contributed by atoms with van der Waals surface area (Å²) in [5.74, 6) is -8.78. The van der Waals surface area contributed by atoms with Gasteiger partial charge in [-0.2, -0.15) is 0 Å². The Bertz CT molecular complexity index is 1740. The van der Waals surface area contributed by atoms with Crippen LogP contribution in [0.1, 0.15) is 92.2 Å². The summed E-state index contributed by atoms with van der Waals surface area (Å²) in [6.07, 6.45) is 1.58. The van der Waals surface area contributed by atoms with Crippen LogP contribution < -0.4 is 0 Å². The first-order valence-corrected chi connectivity index (χ1v) is 18.2. The van der Waals surface area contributed by atoms with Gasteiger partial charge in [-0.15, -0.1) is 11.6 Å². The van der Waals surface area contributed by atoms with Crippen molar-refractivity contribution >= 4 is 41.3 Å². The van der Waals surface area contributed by atoms with Gasteiger partial charge in [0.1, 0.15) is 40.5 Å². The van der Waals surface area contributed by atoms with Crippen molar-refractivity contribution in [1.82, 2.24) is 0 Å². The van der Waals surface area contributed by atoms with Crippen LogP contribution in [-0.2, 0) is 57.1 Å². The topological polar surface area (TPSA) is 163 Å². The van der Waals surface area contributed by atoms with Crippen molar-refractivity contribution in [3.63, 3.8) is 0 Å². The van der Waals surface area contributed by atoms with Gasteiger partial charge in [-0.3, -0.25) is 24.0 Å². The summed E-state index contributed by atoms with van der Waals surface area (Å²) in [4.78, 5) is 69.0. The van der Waals surface area contributed by atoms with E-state index in [1.165, 1.54) is 26.6 Å². The number of esters is 4. The smallest absolute Gasteiger partial charge is 0.321 e. The molecule has 0 aromatic carbocycles. The van der Waals surface area contributed by atoms with Crippen molar-refractivity contribution in [3.05, 3.63) is 24.2 Å². The van der Waals surface area contributed by atoms with Crippen LogP contribution in [0.5, 0.6) is 0 Å². The number of hydrogen-bond donors (Lipinski definition) is 0. The third-order valence-corrected chi connectivity index (χ3v) is 14.6. The van der Waals surface area contributed by atoms with Gasteiger partial charge in [0, 0.05) is 48.5 Å². The van der Waals surface area contributed by atoms with E-state index in [9.17, 15) is 24.0 Å². The van der Waals surface area contributed by atoms with Crippen LogP contribution >= 0.6 is 11.6 Å². The van der Waals surface area contributed by atoms with E-state index in [0.717, 1.165) is 0 Å². The van der Waals surface area contributed by atoms with E-state index in [0.29, 0.717) is 12.0 Å². The van der Waals surface area contributed by atoms with Crippen molar-refractivity contribution < 1.29 is 61.5 Å². The summed E-state index contributed by atoms with van der Waals surface area (Å²) >= 11 is 6.14. The molecule has 51 heavy (non-hydrogen) atoms. The summed E-state index contributed by atoms with van der Waals surface area (Å²) in [6, 6.07) is 1.69. The Kier molecular flexibility index (Phi) is 7.12. The molecule has 4 heterocycles. The maximum Gasteiger partial charge on any atom is 0.321 e. The highest BCUT2D eigenvalue weighted by atomic mass is 35.5. The molecule has 4 saturated carbocycles. The molecule has 1 aromatic rings. The molecule has 4 bridgehead atoms. The highest BCUT2D eigenvalue weighted by Gasteiger charge is 3.03. The van der Waals surface area contributed by atoms with Crippen molar-refractivity contribution in [1.29, 1.82) is 0 Å². The number of Topliss-reactive ketones (excluding diaryl/α,β-unsaturated/α-hetero) is 1. The van der Waals surface area contributed by atoms with Gasteiger partial charge in [0.05, 0.1) is 19.6 Å². The van der Waals surface area contributed by atoms with Crippen molar-refractivity contribution in [3.8, 4) is 0 Å². The zero-order valence-corrected chi connectivity index (χ0v) is 30.9. The number of halogens is 1. The summed E-state index contributed by atoms with van der Waals surface area (Å²) in [7, 11) is 1.34. The van der Waals surface area contributed by atoms with Crippen LogP contribution in [0.15, 0.2) is 23.0 Å². The predicted octanol–water partition coefficient (Wildman–Crippen LogP) is 4.57. The Balaban J connectivity index is 1.48. The molecule has 13 atom stereocenters. The summed E-state index contributed by atoms with van der Waals surface area (Å²) < 4.78 is 51.5. The van der Waals surface area contributed by atoms with Gasteiger partial charge in [0.2, 0.25) is 0 Å². The number of methoxy groups -OCH3 is 1. The molecule has 4 aliphatic carbocycles. The molecule has 8 rings (SSSR count). The molecule has 7 aliphatic rings. The summed E-state index contributed by atoms with van der Waals surface area (Å²) in [5, 5.41) is 0. The lowest BCUT2D eigenvalue weighted by Crippen LogP contribution is -2.93. The molecule has 7 fully saturated rings. The van der Waals surface area contributed by atoms with Crippen LogP contribution in [0.4, 0.5) is 0 Å². The van der Waals surface area contributed by atoms with Crippen LogP contribution in [0.25, 0.3) is 0 Å². The quantitative estimate of drug-likeness (QED) is 0.150. The Morgan fingerprint density at radius 2 is 1.71 bits per heavy atom. The van der Waals surface area contributed by atoms with Crippen LogP contribution in [0.3, 0.4) is 0 Å². The first kappa shape index (κ1) is 35.1. The van der Waals surface area contributed by atoms with Gasteiger partial charge in [0.25, 0.3) is 5.97 Å². The second-order valence-corrected chi connectivity index (χ2v) is 17.3. The van der Waals surface area contributed by atoms with Crippen LogP contribution in [-0.4, -0.2) is 77.1 Å². The second-order valence-electron chi connectivity index (χ2n) is 17.0. The molecule has 0 radical (unpaired) electrons. The standard InChI is InChI=1S/C37H45ClO13/c1-18(2)25(42)24-26-31(5,27(46-19(3)39)20-9-12-45-15-20)10-11-35-32(6)21(13-22(40)44-8)30(4)16-34(48-23(41)14-38)29(47-28(24)43)37(26,35)51-33(7,49-35)50-36(32,34)17-30/h9,12,15,18,21,24,26-27,29H,10-11,13-14,16-17H2,1-8H3. The number of carbonyl (C=O) groups is 5. The van der Waals surface area contributed by atoms with Crippen LogP contribution in [0.2, 0.25) is 0 Å². The molecule has 278 valence electrons. The fourth-order valence-electron chi connectivity index (χ4n) is 13.2. The number of carbonyl (C=O) groups excluding carboxylic acids is 5. The predicted molar refractivity (Wildman–Crippen MR) is 172 cm³/mol. The number of fused-ring (bicyclic) bond motifs is 3. The number of ether oxygens (including phenoxy) is 7. The van der Waals surface area contributed by atoms with Crippen LogP contribution in [0, 0.1) is 39.9 Å². The van der Waals surface area contributed by atoms with E-state index in [4.69, 9.17) is 49.2 Å². The Morgan fingerprint density at radius 1 is 1.00 bits per heavy atom. The van der Waals surface area contributed by atoms with E-state index in [1.54, 1.807) is 26.8 Å². The SMILES string of the molecule is COC(=O)CC1C2(C)CC3(OC(=O)CCl)C4OC(=O)C(C(=O)C(C)C)C5C(C)(C(OC(C)=O)c6ccoc6)CCC67OC(C)(OC546)OC3(C2)C17C. The zero-order valence-electron chi connectivity index (χ0n) is 30.1. The molecule has 13 nitrogen and oxygen atoms in total. The maximum atomic E-state index is 14.7. The number of furan rings is 1. The lowest BCUT2D eigenvalue weighted by Gasteiger charge is -2.77. The van der Waals surface area contributed by atoms with Crippen molar-refractivity contribution in [2.24, 2.45) is 39.9 Å². The maximum absolute atomic E-state index is 14.7. The van der Waals surface area contributed by atoms with Gasteiger partial charge >= 0.3 is 23.9 Å². The highest BCUT2D eigenvalue weighted by Crippen LogP contribution is 2.90. The van der Waals surface area contributed by atoms with Gasteiger partial charge in [-0.05, 0) is 43.1 Å². The average Bonchev–Trinajstić information content (AvgIpc) is 3.76. The van der Waals surface area contributed by atoms with E-state index in [1.807, 2.05) is 20.8 Å². The second kappa shape index (κ2) is 10.4. The fourth-order valence-corrected chi connectivity index (χ4v) is 13.3. The fraction of sp³-hybridized carbons (Fsp3) is 0.757. The minimum absolute atomic E-state index is 0.00210. The molecular formula is C37H45ClO13. The lowest BCUT2D eigenvalue weighted by atomic mass is 9.32. The number of hydrogen-bond acceptors (Lipinski definition) is 13. The summed E-state index contributed by atoms with van der Waals surface area (Å²) in [6.45, 7) is 12.3. The third-order valence-electron chi connectivity index (χ3n) is 14.4. The van der Waals surface area contributed by atoms with Crippen molar-refractivity contribution in [2.45, 2.75) is 121 Å². The zero-order chi connectivity index (χ0) is 36.9. The van der Waals surface area contributed by atoms with Gasteiger partial charge in [0.15, 0.2) is 11.7 Å². The molecule has 3 saturated heterocycles. The molecule has 13 unspecified atom stereocenters.